The Morgan fingerprint density at radius 2 is 1.58 bits per heavy atom. The highest BCUT2D eigenvalue weighted by atomic mass is 32.2. The molecule has 1 aliphatic heterocycles. The number of amides is 1. The van der Waals surface area contributed by atoms with E-state index < -0.39 is 10.0 Å². The van der Waals surface area contributed by atoms with Gasteiger partial charge in [-0.3, -0.25) is 10.1 Å². The van der Waals surface area contributed by atoms with E-state index in [1.165, 1.54) is 23.5 Å². The van der Waals surface area contributed by atoms with Crippen molar-refractivity contribution >= 4 is 64.2 Å². The average molecular weight is 501 g/mol. The summed E-state index contributed by atoms with van der Waals surface area (Å²) in [5.41, 5.74) is 2.13. The first kappa shape index (κ1) is 22.4. The third-order valence-corrected chi connectivity index (χ3v) is 9.81. The van der Waals surface area contributed by atoms with Crippen LogP contribution in [0.15, 0.2) is 41.3 Å². The minimum absolute atomic E-state index is 0.211. The summed E-state index contributed by atoms with van der Waals surface area (Å²) in [7, 11) is -3.58. The fraction of sp³-hybridized carbons (Fsp3) is 0.348. The third kappa shape index (κ3) is 4.28. The molecule has 2 atom stereocenters. The van der Waals surface area contributed by atoms with Crippen molar-refractivity contribution in [3.63, 3.8) is 0 Å². The van der Waals surface area contributed by atoms with E-state index in [0.29, 0.717) is 35.6 Å². The molecule has 7 nitrogen and oxygen atoms in total. The molecule has 5 rings (SSSR count). The fourth-order valence-electron chi connectivity index (χ4n) is 4.44. The monoisotopic (exact) mass is 500 g/mol. The molecule has 0 spiro atoms. The number of nitrogens with one attached hydrogen (secondary N) is 1. The molecule has 10 heteroatoms. The highest BCUT2D eigenvalue weighted by molar-refractivity contribution is 7.89. The maximum absolute atomic E-state index is 13.1. The van der Waals surface area contributed by atoms with Gasteiger partial charge in [0.15, 0.2) is 5.13 Å². The van der Waals surface area contributed by atoms with E-state index >= 15 is 0 Å². The Balaban J connectivity index is 1.35. The first-order chi connectivity index (χ1) is 15.7. The lowest BCUT2D eigenvalue weighted by molar-refractivity contribution is 0.102. The van der Waals surface area contributed by atoms with E-state index in [2.05, 4.69) is 29.1 Å². The van der Waals surface area contributed by atoms with Crippen LogP contribution in [0.1, 0.15) is 35.6 Å². The van der Waals surface area contributed by atoms with Crippen molar-refractivity contribution in [2.45, 2.75) is 32.1 Å². The summed E-state index contributed by atoms with van der Waals surface area (Å²) in [6.45, 7) is 7.18. The summed E-state index contributed by atoms with van der Waals surface area (Å²) in [6, 6.07) is 9.97. The molecule has 0 radical (unpaired) electrons. The second-order valence-corrected chi connectivity index (χ2v) is 12.9. The van der Waals surface area contributed by atoms with Crippen LogP contribution in [0.25, 0.3) is 20.4 Å². The summed E-state index contributed by atoms with van der Waals surface area (Å²) in [4.78, 5) is 22.0. The first-order valence-corrected chi connectivity index (χ1v) is 13.9. The van der Waals surface area contributed by atoms with Crippen molar-refractivity contribution in [2.24, 2.45) is 11.8 Å². The lowest BCUT2D eigenvalue weighted by atomic mass is 9.94. The zero-order valence-electron chi connectivity index (χ0n) is 18.5. The Hall–Kier alpha value is -2.40. The summed E-state index contributed by atoms with van der Waals surface area (Å²) in [5.74, 6) is 0.338. The Morgan fingerprint density at radius 3 is 2.24 bits per heavy atom. The molecule has 3 heterocycles. The smallest absolute Gasteiger partial charge is 0.257 e. The van der Waals surface area contributed by atoms with Crippen molar-refractivity contribution in [1.82, 2.24) is 14.3 Å². The van der Waals surface area contributed by atoms with E-state index in [9.17, 15) is 13.2 Å². The van der Waals surface area contributed by atoms with Crippen LogP contribution in [-0.2, 0) is 10.0 Å². The van der Waals surface area contributed by atoms with Gasteiger partial charge in [-0.25, -0.2) is 18.4 Å². The van der Waals surface area contributed by atoms with Gasteiger partial charge in [0.2, 0.25) is 10.0 Å². The van der Waals surface area contributed by atoms with E-state index in [4.69, 9.17) is 0 Å². The fourth-order valence-corrected chi connectivity index (χ4v) is 8.12. The molecule has 0 bridgehead atoms. The minimum Gasteiger partial charge on any atom is -0.298 e. The van der Waals surface area contributed by atoms with Gasteiger partial charge in [-0.05, 0) is 61.6 Å². The number of carbonyl (C=O) groups is 1. The number of aryl methyl sites for hydroxylation is 1. The van der Waals surface area contributed by atoms with E-state index in [1.807, 2.05) is 19.1 Å². The van der Waals surface area contributed by atoms with Crippen LogP contribution < -0.4 is 5.32 Å². The molecule has 1 fully saturated rings. The number of hydrogen-bond acceptors (Lipinski definition) is 7. The molecule has 1 saturated heterocycles. The van der Waals surface area contributed by atoms with Crippen LogP contribution in [0.4, 0.5) is 5.13 Å². The molecule has 0 saturated carbocycles. The first-order valence-electron chi connectivity index (χ1n) is 10.8. The second kappa shape index (κ2) is 8.43. The van der Waals surface area contributed by atoms with Gasteiger partial charge in [0.25, 0.3) is 5.91 Å². The van der Waals surface area contributed by atoms with Crippen molar-refractivity contribution in [3.05, 3.63) is 47.0 Å². The Kier molecular flexibility index (Phi) is 5.72. The van der Waals surface area contributed by atoms with Crippen LogP contribution in [0.5, 0.6) is 0 Å². The SMILES string of the molecule is Cc1nc2ccc3nc(NC(=O)c4ccc(S(=O)(=O)N5C[C@H](C)C[C@@H](C)C5)cc4)sc3c2s1. The molecule has 2 aromatic heterocycles. The van der Waals surface area contributed by atoms with Gasteiger partial charge < -0.3 is 0 Å². The van der Waals surface area contributed by atoms with E-state index in [0.717, 1.165) is 31.9 Å². The molecule has 4 aromatic rings. The van der Waals surface area contributed by atoms with Gasteiger partial charge in [0.05, 0.1) is 30.3 Å². The molecule has 1 N–H and O–H groups in total. The number of benzene rings is 2. The molecule has 0 aliphatic carbocycles. The zero-order chi connectivity index (χ0) is 23.3. The van der Waals surface area contributed by atoms with E-state index in [-0.39, 0.29) is 10.8 Å². The number of aromatic nitrogens is 2. The number of anilines is 1. The van der Waals surface area contributed by atoms with Crippen molar-refractivity contribution in [2.75, 3.05) is 18.4 Å². The molecule has 172 valence electrons. The summed E-state index contributed by atoms with van der Waals surface area (Å²) >= 11 is 3.03. The number of rotatable bonds is 4. The van der Waals surface area contributed by atoms with Crippen molar-refractivity contribution in [3.8, 4) is 0 Å². The Morgan fingerprint density at radius 1 is 0.970 bits per heavy atom. The molecule has 33 heavy (non-hydrogen) atoms. The van der Waals surface area contributed by atoms with Crippen molar-refractivity contribution in [1.29, 1.82) is 0 Å². The van der Waals surface area contributed by atoms with Crippen LogP contribution in [-0.4, -0.2) is 41.7 Å². The van der Waals surface area contributed by atoms with Gasteiger partial charge >= 0.3 is 0 Å². The second-order valence-electron chi connectivity index (χ2n) is 8.76. The number of fused-ring (bicyclic) bond motifs is 3. The molecule has 2 aromatic carbocycles. The Bertz CT molecular complexity index is 1450. The normalized spacial score (nSPS) is 19.8. The maximum atomic E-state index is 13.1. The average Bonchev–Trinajstić information content (AvgIpc) is 3.35. The number of hydrogen-bond donors (Lipinski definition) is 1. The number of piperidine rings is 1. The Labute approximate surface area is 200 Å². The minimum atomic E-state index is -3.58. The van der Waals surface area contributed by atoms with Gasteiger partial charge in [-0.15, -0.1) is 11.3 Å². The predicted octanol–water partition coefficient (Wildman–Crippen LogP) is 5.13. The van der Waals surface area contributed by atoms with Gasteiger partial charge in [0.1, 0.15) is 0 Å². The standard InChI is InChI=1S/C23H24N4O3S3/c1-13-10-14(2)12-27(11-13)33(29,30)17-6-4-16(5-7-17)22(28)26-23-25-19-9-8-18-20(21(19)32-23)31-15(3)24-18/h4-9,13-14H,10-12H2,1-3H3,(H,25,26,28)/t13-,14-/m1/s1. The number of carbonyl (C=O) groups excluding carboxylic acids is 1. The molecule has 0 unspecified atom stereocenters. The third-order valence-electron chi connectivity index (χ3n) is 5.83. The van der Waals surface area contributed by atoms with Crippen LogP contribution in [0, 0.1) is 18.8 Å². The van der Waals surface area contributed by atoms with Crippen LogP contribution in [0.2, 0.25) is 0 Å². The maximum Gasteiger partial charge on any atom is 0.257 e. The lowest BCUT2D eigenvalue weighted by Gasteiger charge is -2.34. The van der Waals surface area contributed by atoms with Crippen LogP contribution in [0.3, 0.4) is 0 Å². The molecular formula is C23H24N4O3S3. The highest BCUT2D eigenvalue weighted by Gasteiger charge is 2.31. The topological polar surface area (TPSA) is 92.3 Å². The summed E-state index contributed by atoms with van der Waals surface area (Å²) < 4.78 is 29.8. The largest absolute Gasteiger partial charge is 0.298 e. The number of sulfonamides is 1. The highest BCUT2D eigenvalue weighted by Crippen LogP contribution is 2.36. The molecular weight excluding hydrogens is 476 g/mol. The predicted molar refractivity (Wildman–Crippen MR) is 134 cm³/mol. The number of thiazole rings is 2. The molecule has 1 aliphatic rings. The van der Waals surface area contributed by atoms with E-state index in [1.54, 1.807) is 27.8 Å². The van der Waals surface area contributed by atoms with Gasteiger partial charge in [-0.1, -0.05) is 25.2 Å². The lowest BCUT2D eigenvalue weighted by Crippen LogP contribution is -2.42. The van der Waals surface area contributed by atoms with Crippen molar-refractivity contribution < 1.29 is 13.2 Å². The summed E-state index contributed by atoms with van der Waals surface area (Å²) in [6.07, 6.45) is 1.03. The molecule has 1 amide bonds. The zero-order valence-corrected chi connectivity index (χ0v) is 21.0. The quantitative estimate of drug-likeness (QED) is 0.419. The number of nitrogens with zero attached hydrogens (tertiary/aromatic N) is 3. The van der Waals surface area contributed by atoms with Gasteiger partial charge in [-0.2, -0.15) is 4.31 Å². The summed E-state index contributed by atoms with van der Waals surface area (Å²) in [5, 5.41) is 4.33. The van der Waals surface area contributed by atoms with Crippen LogP contribution >= 0.6 is 22.7 Å². The van der Waals surface area contributed by atoms with Gasteiger partial charge in [0, 0.05) is 18.7 Å².